The van der Waals surface area contributed by atoms with Crippen molar-refractivity contribution in [2.45, 2.75) is 38.2 Å². The van der Waals surface area contributed by atoms with Crippen LogP contribution in [0, 0.1) is 22.7 Å². The van der Waals surface area contributed by atoms with Gasteiger partial charge in [0.15, 0.2) is 11.5 Å². The van der Waals surface area contributed by atoms with Gasteiger partial charge in [-0.2, -0.15) is 5.26 Å². The van der Waals surface area contributed by atoms with E-state index in [0.717, 1.165) is 16.8 Å². The fourth-order valence-corrected chi connectivity index (χ4v) is 6.00. The Balaban J connectivity index is 2.27. The number of rotatable bonds is 7. The van der Waals surface area contributed by atoms with Gasteiger partial charge in [-0.1, -0.05) is 44.5 Å². The Morgan fingerprint density at radius 3 is 2.53 bits per heavy atom. The third-order valence-corrected chi connectivity index (χ3v) is 7.64. The molecular weight excluding hydrogens is 498 g/mol. The molecule has 0 bridgehead atoms. The molecule has 0 aliphatic carbocycles. The van der Waals surface area contributed by atoms with Gasteiger partial charge >= 0.3 is 0 Å². The van der Waals surface area contributed by atoms with Gasteiger partial charge < -0.3 is 19.7 Å². The minimum Gasteiger partial charge on any atom is -0.493 e. The predicted molar refractivity (Wildman–Crippen MR) is 144 cm³/mol. The van der Waals surface area contributed by atoms with Crippen molar-refractivity contribution in [3.63, 3.8) is 0 Å². The summed E-state index contributed by atoms with van der Waals surface area (Å²) in [5.41, 5.74) is 2.17. The number of halogens is 1. The second-order valence-corrected chi connectivity index (χ2v) is 11.6. The molecule has 2 amide bonds. The molecule has 0 spiro atoms. The minimum atomic E-state index is -0.753. The van der Waals surface area contributed by atoms with Crippen LogP contribution in [-0.4, -0.2) is 44.4 Å². The normalized spacial score (nSPS) is 18.5. The number of methoxy groups -OCH3 is 2. The van der Waals surface area contributed by atoms with E-state index in [2.05, 4.69) is 32.2 Å². The highest BCUT2D eigenvalue weighted by Crippen LogP contribution is 2.52. The number of carbonyl (C=O) groups excluding carboxylic acids is 2. The first-order chi connectivity index (χ1) is 17.0. The van der Waals surface area contributed by atoms with Gasteiger partial charge in [0.05, 0.1) is 31.5 Å². The highest BCUT2D eigenvalue weighted by molar-refractivity contribution is 8.01. The van der Waals surface area contributed by atoms with Gasteiger partial charge in [-0.15, -0.1) is 11.8 Å². The Morgan fingerprint density at radius 2 is 1.94 bits per heavy atom. The lowest BCUT2D eigenvalue weighted by molar-refractivity contribution is -0.120. The molecule has 0 saturated heterocycles. The largest absolute Gasteiger partial charge is 0.493 e. The van der Waals surface area contributed by atoms with Crippen molar-refractivity contribution in [2.24, 2.45) is 11.3 Å². The van der Waals surface area contributed by atoms with E-state index in [0.29, 0.717) is 23.1 Å². The molecule has 2 aromatic carbocycles. The maximum atomic E-state index is 14.1. The average molecular weight is 530 g/mol. The van der Waals surface area contributed by atoms with Gasteiger partial charge in [-0.3, -0.25) is 9.59 Å². The molecule has 1 heterocycles. The molecule has 1 aliphatic rings. The highest BCUT2D eigenvalue weighted by Gasteiger charge is 2.42. The molecule has 7 nitrogen and oxygen atoms in total. The summed E-state index contributed by atoms with van der Waals surface area (Å²) in [7, 11) is 3.15. The number of nitrogens with zero attached hydrogens (tertiary/aromatic N) is 2. The van der Waals surface area contributed by atoms with Crippen LogP contribution in [0.4, 0.5) is 5.69 Å². The zero-order chi connectivity index (χ0) is 26.6. The molecular formula is C27H32ClN3O4S. The number of benzene rings is 2. The van der Waals surface area contributed by atoms with E-state index >= 15 is 0 Å². The van der Waals surface area contributed by atoms with Crippen molar-refractivity contribution in [2.75, 3.05) is 32.2 Å². The topological polar surface area (TPSA) is 91.7 Å². The molecule has 0 radical (unpaired) electrons. The number of thioether (sulfide) groups is 1. The van der Waals surface area contributed by atoms with E-state index in [1.165, 1.54) is 18.7 Å². The summed E-state index contributed by atoms with van der Waals surface area (Å²) < 4.78 is 11.3. The summed E-state index contributed by atoms with van der Waals surface area (Å²) in [6.45, 7) is 8.08. The number of amides is 2. The van der Waals surface area contributed by atoms with E-state index in [9.17, 15) is 14.9 Å². The zero-order valence-electron chi connectivity index (χ0n) is 21.4. The van der Waals surface area contributed by atoms with E-state index < -0.39 is 16.4 Å². The van der Waals surface area contributed by atoms with E-state index in [1.54, 1.807) is 25.2 Å². The summed E-state index contributed by atoms with van der Waals surface area (Å²) in [5.74, 6) is -0.0753. The number of carbonyl (C=O) groups is 2. The lowest BCUT2D eigenvalue weighted by Gasteiger charge is -2.32. The molecule has 192 valence electrons. The highest BCUT2D eigenvalue weighted by atomic mass is 35.5. The number of anilines is 1. The van der Waals surface area contributed by atoms with Crippen LogP contribution in [0.1, 0.15) is 44.1 Å². The first kappa shape index (κ1) is 27.7. The van der Waals surface area contributed by atoms with Crippen LogP contribution in [0.15, 0.2) is 36.4 Å². The molecule has 1 aliphatic heterocycles. The Bertz CT molecular complexity index is 1170. The zero-order valence-corrected chi connectivity index (χ0v) is 23.0. The lowest BCUT2D eigenvalue weighted by Crippen LogP contribution is -2.46. The summed E-state index contributed by atoms with van der Waals surface area (Å²) in [6, 6.07) is 13.4. The number of para-hydroxylation sites is 1. The van der Waals surface area contributed by atoms with Crippen molar-refractivity contribution in [1.29, 1.82) is 5.26 Å². The van der Waals surface area contributed by atoms with Crippen LogP contribution >= 0.6 is 23.4 Å². The maximum absolute atomic E-state index is 14.1. The summed E-state index contributed by atoms with van der Waals surface area (Å²) >= 11 is 7.84. The fourth-order valence-electron chi connectivity index (χ4n) is 4.27. The first-order valence-corrected chi connectivity index (χ1v) is 12.9. The molecule has 3 rings (SSSR count). The molecule has 2 aromatic rings. The number of nitriles is 1. The molecule has 0 fully saturated rings. The van der Waals surface area contributed by atoms with Crippen molar-refractivity contribution < 1.29 is 19.1 Å². The average Bonchev–Trinajstić information content (AvgIpc) is 2.93. The van der Waals surface area contributed by atoms with Crippen molar-refractivity contribution in [1.82, 2.24) is 5.32 Å². The second-order valence-electron chi connectivity index (χ2n) is 9.88. The third kappa shape index (κ3) is 6.08. The van der Waals surface area contributed by atoms with Crippen LogP contribution in [0.2, 0.25) is 5.02 Å². The molecule has 0 aromatic heterocycles. The van der Waals surface area contributed by atoms with Gasteiger partial charge in [-0.25, -0.2) is 0 Å². The Morgan fingerprint density at radius 1 is 1.22 bits per heavy atom. The molecule has 36 heavy (non-hydrogen) atoms. The Kier molecular flexibility index (Phi) is 8.80. The van der Waals surface area contributed by atoms with Crippen molar-refractivity contribution in [3.05, 3.63) is 52.5 Å². The van der Waals surface area contributed by atoms with Gasteiger partial charge in [0.2, 0.25) is 11.8 Å². The third-order valence-electron chi connectivity index (χ3n) is 5.81. The number of hydrogen-bond donors (Lipinski definition) is 1. The number of fused-ring (bicyclic) bond motifs is 1. The minimum absolute atomic E-state index is 0.0671. The Labute approximate surface area is 222 Å². The van der Waals surface area contributed by atoms with Crippen LogP contribution in [0.5, 0.6) is 11.5 Å². The van der Waals surface area contributed by atoms with E-state index in [-0.39, 0.29) is 23.8 Å². The number of hydrogen-bond acceptors (Lipinski definition) is 6. The first-order valence-electron chi connectivity index (χ1n) is 11.6. The maximum Gasteiger partial charge on any atom is 0.241 e. The van der Waals surface area contributed by atoms with E-state index in [1.807, 2.05) is 30.3 Å². The molecule has 1 unspecified atom stereocenters. The van der Waals surface area contributed by atoms with Gasteiger partial charge in [0.1, 0.15) is 5.25 Å². The van der Waals surface area contributed by atoms with E-state index in [4.69, 9.17) is 21.1 Å². The smallest absolute Gasteiger partial charge is 0.241 e. The summed E-state index contributed by atoms with van der Waals surface area (Å²) in [4.78, 5) is 27.5. The Hall–Kier alpha value is -2.89. The molecule has 3 atom stereocenters. The van der Waals surface area contributed by atoms with Crippen LogP contribution in [-0.2, 0) is 9.59 Å². The fraction of sp³-hybridized carbons (Fsp3) is 0.444. The van der Waals surface area contributed by atoms with Crippen LogP contribution in [0.3, 0.4) is 0 Å². The lowest BCUT2D eigenvalue weighted by atomic mass is 9.93. The summed E-state index contributed by atoms with van der Waals surface area (Å²) in [6.07, 6.45) is 0. The van der Waals surface area contributed by atoms with Gasteiger partial charge in [0, 0.05) is 36.3 Å². The second kappa shape index (κ2) is 11.4. The van der Waals surface area contributed by atoms with Gasteiger partial charge in [-0.05, 0) is 35.2 Å². The SMILES string of the molecule is COc1cccc([C@H]2S[C@H](C(C#N)CNC(C)=O)C(=O)N(CC(C)(C)C)c3ccc(Cl)cc32)c1OC. The monoisotopic (exact) mass is 529 g/mol. The quantitative estimate of drug-likeness (QED) is 0.529. The van der Waals surface area contributed by atoms with Crippen molar-refractivity contribution >= 4 is 40.9 Å². The number of ether oxygens (including phenoxy) is 2. The van der Waals surface area contributed by atoms with Crippen LogP contribution in [0.25, 0.3) is 0 Å². The molecule has 0 saturated carbocycles. The standard InChI is InChI=1S/C27H32ClN3O4S/c1-16(32)30-14-17(13-29)24-26(33)31(15-27(2,3)4)21-11-10-18(28)12-20(21)25(36-24)19-8-7-9-22(34-5)23(19)35-6/h7-12,17,24-25H,14-15H2,1-6H3,(H,30,32)/t17?,24-,25-/m1/s1. The predicted octanol–water partition coefficient (Wildman–Crippen LogP) is 5.22. The number of nitrogens with one attached hydrogen (secondary N) is 1. The molecule has 1 N–H and O–H groups in total. The van der Waals surface area contributed by atoms with Gasteiger partial charge in [0.25, 0.3) is 0 Å². The summed E-state index contributed by atoms with van der Waals surface area (Å²) in [5, 5.41) is 12.2. The van der Waals surface area contributed by atoms with Crippen LogP contribution < -0.4 is 19.7 Å². The van der Waals surface area contributed by atoms with Crippen molar-refractivity contribution in [3.8, 4) is 17.6 Å². The molecule has 9 heteroatoms.